The maximum atomic E-state index is 3.76. The van der Waals surface area contributed by atoms with Gasteiger partial charge in [-0.15, -0.1) is 0 Å². The van der Waals surface area contributed by atoms with Crippen molar-refractivity contribution in [1.29, 1.82) is 0 Å². The summed E-state index contributed by atoms with van der Waals surface area (Å²) in [5, 5.41) is 3.76. The van der Waals surface area contributed by atoms with E-state index in [2.05, 4.69) is 43.4 Å². The monoisotopic (exact) mass is 245 g/mol. The van der Waals surface area contributed by atoms with E-state index < -0.39 is 0 Å². The Bertz CT molecular complexity index is 352. The van der Waals surface area contributed by atoms with Gasteiger partial charge in [-0.3, -0.25) is 0 Å². The normalized spacial score (nSPS) is 18.6. The highest BCUT2D eigenvalue weighted by Gasteiger charge is 2.20. The molecule has 1 aliphatic rings. The van der Waals surface area contributed by atoms with Crippen LogP contribution in [0.5, 0.6) is 0 Å². The highest BCUT2D eigenvalue weighted by molar-refractivity contribution is 5.51. The molecular formula is C17H27N. The van der Waals surface area contributed by atoms with Crippen molar-refractivity contribution in [2.45, 2.75) is 64.8 Å². The summed E-state index contributed by atoms with van der Waals surface area (Å²) in [4.78, 5) is 0. The Morgan fingerprint density at radius 2 is 1.89 bits per heavy atom. The predicted octanol–water partition coefficient (Wildman–Crippen LogP) is 5.02. The smallest absolute Gasteiger partial charge is 0.0374 e. The Kier molecular flexibility index (Phi) is 5.10. The second-order valence-electron chi connectivity index (χ2n) is 5.74. The molecule has 100 valence electrons. The summed E-state index contributed by atoms with van der Waals surface area (Å²) in [5.74, 6) is 0.869. The number of hydrogen-bond acceptors (Lipinski definition) is 1. The number of aryl methyl sites for hydroxylation is 1. The Balaban J connectivity index is 1.99. The van der Waals surface area contributed by atoms with Gasteiger partial charge >= 0.3 is 0 Å². The first kappa shape index (κ1) is 13.5. The molecule has 18 heavy (non-hydrogen) atoms. The van der Waals surface area contributed by atoms with Crippen molar-refractivity contribution in [3.63, 3.8) is 0 Å². The van der Waals surface area contributed by atoms with Gasteiger partial charge in [-0.1, -0.05) is 50.8 Å². The van der Waals surface area contributed by atoms with E-state index in [1.165, 1.54) is 56.2 Å². The molecule has 0 aliphatic heterocycles. The Morgan fingerprint density at radius 3 is 2.61 bits per heavy atom. The summed E-state index contributed by atoms with van der Waals surface area (Å²) >= 11 is 0. The number of nitrogens with one attached hydrogen (secondary N) is 1. The van der Waals surface area contributed by atoms with E-state index >= 15 is 0 Å². The Hall–Kier alpha value is -0.980. The highest BCUT2D eigenvalue weighted by atomic mass is 14.9. The third-order valence-corrected chi connectivity index (χ3v) is 4.28. The van der Waals surface area contributed by atoms with Gasteiger partial charge in [0.2, 0.25) is 0 Å². The van der Waals surface area contributed by atoms with Gasteiger partial charge < -0.3 is 5.32 Å². The van der Waals surface area contributed by atoms with Crippen LogP contribution < -0.4 is 5.32 Å². The maximum Gasteiger partial charge on any atom is 0.0374 e. The fourth-order valence-corrected chi connectivity index (χ4v) is 3.15. The first-order chi connectivity index (χ1) is 8.81. The van der Waals surface area contributed by atoms with E-state index in [9.17, 15) is 0 Å². The summed E-state index contributed by atoms with van der Waals surface area (Å²) < 4.78 is 0. The molecule has 0 amide bonds. The SMILES string of the molecule is CCCc1ccccc1NC(C)C1CCCCC1. The summed E-state index contributed by atoms with van der Waals surface area (Å²) in [6.07, 6.45) is 9.50. The molecule has 1 saturated carbocycles. The lowest BCUT2D eigenvalue weighted by Gasteiger charge is -2.29. The van der Waals surface area contributed by atoms with E-state index in [1.54, 1.807) is 0 Å². The first-order valence-electron chi connectivity index (χ1n) is 7.65. The maximum absolute atomic E-state index is 3.76. The standard InChI is InChI=1S/C17H27N/c1-3-9-16-12-7-8-13-17(16)18-14(2)15-10-5-4-6-11-15/h7-8,12-15,18H,3-6,9-11H2,1-2H3. The molecule has 0 radical (unpaired) electrons. The van der Waals surface area contributed by atoms with E-state index in [4.69, 9.17) is 0 Å². The van der Waals surface area contributed by atoms with Gasteiger partial charge in [0, 0.05) is 11.7 Å². The number of para-hydroxylation sites is 1. The van der Waals surface area contributed by atoms with Gasteiger partial charge in [0.15, 0.2) is 0 Å². The third-order valence-electron chi connectivity index (χ3n) is 4.28. The molecule has 1 heteroatoms. The van der Waals surface area contributed by atoms with Gasteiger partial charge in [-0.05, 0) is 43.7 Å². The summed E-state index contributed by atoms with van der Waals surface area (Å²) in [6, 6.07) is 9.42. The lowest BCUT2D eigenvalue weighted by atomic mass is 9.84. The minimum Gasteiger partial charge on any atom is -0.382 e. The molecule has 0 spiro atoms. The van der Waals surface area contributed by atoms with E-state index in [-0.39, 0.29) is 0 Å². The third kappa shape index (κ3) is 3.51. The molecule has 0 bridgehead atoms. The van der Waals surface area contributed by atoms with E-state index in [0.717, 1.165) is 5.92 Å². The Labute approximate surface area is 112 Å². The number of anilines is 1. The summed E-state index contributed by atoms with van der Waals surface area (Å²) in [6.45, 7) is 4.61. The van der Waals surface area contributed by atoms with Crippen molar-refractivity contribution in [1.82, 2.24) is 0 Å². The topological polar surface area (TPSA) is 12.0 Å². The quantitative estimate of drug-likeness (QED) is 0.768. The van der Waals surface area contributed by atoms with Gasteiger partial charge in [-0.2, -0.15) is 0 Å². The van der Waals surface area contributed by atoms with Gasteiger partial charge in [0.25, 0.3) is 0 Å². The minimum atomic E-state index is 0.614. The van der Waals surface area contributed by atoms with Crippen LogP contribution in [0.4, 0.5) is 5.69 Å². The van der Waals surface area contributed by atoms with Crippen LogP contribution in [0, 0.1) is 5.92 Å². The zero-order chi connectivity index (χ0) is 12.8. The molecule has 1 aromatic rings. The van der Waals surface area contributed by atoms with E-state index in [1.807, 2.05) is 0 Å². The van der Waals surface area contributed by atoms with Crippen LogP contribution in [-0.2, 0) is 6.42 Å². The van der Waals surface area contributed by atoms with Crippen molar-refractivity contribution in [3.05, 3.63) is 29.8 Å². The van der Waals surface area contributed by atoms with Crippen molar-refractivity contribution in [2.24, 2.45) is 5.92 Å². The highest BCUT2D eigenvalue weighted by Crippen LogP contribution is 2.29. The van der Waals surface area contributed by atoms with E-state index in [0.29, 0.717) is 6.04 Å². The lowest BCUT2D eigenvalue weighted by Crippen LogP contribution is -2.28. The van der Waals surface area contributed by atoms with Gasteiger partial charge in [-0.25, -0.2) is 0 Å². The van der Waals surface area contributed by atoms with Crippen LogP contribution >= 0.6 is 0 Å². The van der Waals surface area contributed by atoms with Crippen LogP contribution in [0.25, 0.3) is 0 Å². The second-order valence-corrected chi connectivity index (χ2v) is 5.74. The van der Waals surface area contributed by atoms with Crippen LogP contribution in [0.1, 0.15) is 57.9 Å². The predicted molar refractivity (Wildman–Crippen MR) is 80.1 cm³/mol. The fourth-order valence-electron chi connectivity index (χ4n) is 3.15. The van der Waals surface area contributed by atoms with Crippen LogP contribution in [0.3, 0.4) is 0 Å². The molecule has 1 atom stereocenters. The Morgan fingerprint density at radius 1 is 1.17 bits per heavy atom. The van der Waals surface area contributed by atoms with Crippen LogP contribution in [0.15, 0.2) is 24.3 Å². The molecule has 1 fully saturated rings. The molecule has 0 aromatic heterocycles. The molecule has 2 rings (SSSR count). The fraction of sp³-hybridized carbons (Fsp3) is 0.647. The van der Waals surface area contributed by atoms with Crippen molar-refractivity contribution < 1.29 is 0 Å². The molecule has 1 nitrogen and oxygen atoms in total. The number of rotatable bonds is 5. The zero-order valence-electron chi connectivity index (χ0n) is 11.9. The summed E-state index contributed by atoms with van der Waals surface area (Å²) in [7, 11) is 0. The van der Waals surface area contributed by atoms with Crippen LogP contribution in [-0.4, -0.2) is 6.04 Å². The number of benzene rings is 1. The first-order valence-corrected chi connectivity index (χ1v) is 7.65. The number of hydrogen-bond donors (Lipinski definition) is 1. The van der Waals surface area contributed by atoms with Crippen molar-refractivity contribution in [2.75, 3.05) is 5.32 Å². The molecule has 1 unspecified atom stereocenters. The van der Waals surface area contributed by atoms with Crippen molar-refractivity contribution >= 4 is 5.69 Å². The molecule has 1 N–H and O–H groups in total. The van der Waals surface area contributed by atoms with Crippen LogP contribution in [0.2, 0.25) is 0 Å². The summed E-state index contributed by atoms with van der Waals surface area (Å²) in [5.41, 5.74) is 2.83. The molecule has 0 heterocycles. The van der Waals surface area contributed by atoms with Gasteiger partial charge in [0.1, 0.15) is 0 Å². The zero-order valence-corrected chi connectivity index (χ0v) is 11.9. The average molecular weight is 245 g/mol. The van der Waals surface area contributed by atoms with Gasteiger partial charge in [0.05, 0.1) is 0 Å². The lowest BCUT2D eigenvalue weighted by molar-refractivity contribution is 0.328. The average Bonchev–Trinajstić information content (AvgIpc) is 2.42. The second kappa shape index (κ2) is 6.82. The molecular weight excluding hydrogens is 218 g/mol. The molecule has 0 saturated heterocycles. The molecule has 1 aliphatic carbocycles. The van der Waals surface area contributed by atoms with Crippen molar-refractivity contribution in [3.8, 4) is 0 Å². The largest absolute Gasteiger partial charge is 0.382 e. The molecule has 1 aromatic carbocycles. The minimum absolute atomic E-state index is 0.614.